The van der Waals surface area contributed by atoms with Crippen molar-refractivity contribution in [2.45, 2.75) is 33.2 Å². The predicted molar refractivity (Wildman–Crippen MR) is 119 cm³/mol. The highest BCUT2D eigenvalue weighted by Crippen LogP contribution is 2.18. The maximum absolute atomic E-state index is 12.7. The van der Waals surface area contributed by atoms with Crippen molar-refractivity contribution in [2.24, 2.45) is 5.92 Å². The highest BCUT2D eigenvalue weighted by Gasteiger charge is 2.25. The van der Waals surface area contributed by atoms with Crippen LogP contribution in [-0.4, -0.2) is 86.7 Å². The molecule has 0 radical (unpaired) electrons. The molecule has 166 valence electrons. The molecule has 1 N–H and O–H groups in total. The first-order valence-electron chi connectivity index (χ1n) is 11.1. The number of nitrogens with one attached hydrogen (secondary N) is 1. The van der Waals surface area contributed by atoms with Crippen molar-refractivity contribution in [2.75, 3.05) is 63.9 Å². The molecule has 2 aliphatic rings. The minimum atomic E-state index is 0.0311. The zero-order valence-electron chi connectivity index (χ0n) is 18.6. The first-order chi connectivity index (χ1) is 14.4. The van der Waals surface area contributed by atoms with Gasteiger partial charge in [-0.05, 0) is 43.5 Å². The smallest absolute Gasteiger partial charge is 0.317 e. The molecular weight excluding hydrogens is 380 g/mol. The Bertz CT molecular complexity index is 693. The van der Waals surface area contributed by atoms with Crippen LogP contribution in [0.3, 0.4) is 0 Å². The van der Waals surface area contributed by atoms with Crippen molar-refractivity contribution in [1.29, 1.82) is 0 Å². The number of ketones is 1. The fourth-order valence-corrected chi connectivity index (χ4v) is 4.24. The zero-order chi connectivity index (χ0) is 21.5. The van der Waals surface area contributed by atoms with E-state index in [2.05, 4.69) is 29.0 Å². The Kier molecular flexibility index (Phi) is 8.10. The number of ether oxygens (including phenoxy) is 1. The Labute approximate surface area is 180 Å². The van der Waals surface area contributed by atoms with E-state index in [-0.39, 0.29) is 11.8 Å². The number of urea groups is 1. The molecular formula is C23H36N4O3. The molecule has 2 fully saturated rings. The van der Waals surface area contributed by atoms with Crippen LogP contribution in [0.1, 0.15) is 37.6 Å². The van der Waals surface area contributed by atoms with Gasteiger partial charge in [0.05, 0.1) is 13.2 Å². The summed E-state index contributed by atoms with van der Waals surface area (Å²) in [5, 5.41) is 3.18. The van der Waals surface area contributed by atoms with Crippen LogP contribution in [0.25, 0.3) is 0 Å². The average molecular weight is 417 g/mol. The molecule has 7 nitrogen and oxygen atoms in total. The highest BCUT2D eigenvalue weighted by molar-refractivity contribution is 5.94. The summed E-state index contributed by atoms with van der Waals surface area (Å²) in [6.07, 6.45) is 1.07. The first kappa shape index (κ1) is 22.6. The second-order valence-electron chi connectivity index (χ2n) is 8.69. The van der Waals surface area contributed by atoms with Crippen LogP contribution in [0.5, 0.6) is 0 Å². The Hall–Kier alpha value is -2.12. The number of carbonyl (C=O) groups excluding carboxylic acids is 2. The predicted octanol–water partition coefficient (Wildman–Crippen LogP) is 2.47. The molecule has 0 aliphatic carbocycles. The summed E-state index contributed by atoms with van der Waals surface area (Å²) >= 11 is 0. The van der Waals surface area contributed by atoms with Gasteiger partial charge in [0.25, 0.3) is 0 Å². The quantitative estimate of drug-likeness (QED) is 0.692. The molecule has 2 amide bonds. The highest BCUT2D eigenvalue weighted by atomic mass is 16.5. The van der Waals surface area contributed by atoms with Crippen LogP contribution in [-0.2, 0) is 4.74 Å². The monoisotopic (exact) mass is 416 g/mol. The van der Waals surface area contributed by atoms with Gasteiger partial charge in [0.1, 0.15) is 0 Å². The van der Waals surface area contributed by atoms with E-state index in [0.29, 0.717) is 31.6 Å². The van der Waals surface area contributed by atoms with Crippen LogP contribution in [0, 0.1) is 5.92 Å². The number of rotatable bonds is 7. The lowest BCUT2D eigenvalue weighted by Crippen LogP contribution is -2.55. The van der Waals surface area contributed by atoms with Gasteiger partial charge < -0.3 is 19.9 Å². The van der Waals surface area contributed by atoms with Crippen molar-refractivity contribution in [3.63, 3.8) is 0 Å². The van der Waals surface area contributed by atoms with E-state index >= 15 is 0 Å². The molecule has 3 rings (SSSR count). The van der Waals surface area contributed by atoms with Gasteiger partial charge in [0.15, 0.2) is 5.78 Å². The topological polar surface area (TPSA) is 65.1 Å². The number of hydrogen-bond donors (Lipinski definition) is 1. The fraction of sp³-hybridized carbons (Fsp3) is 0.652. The molecule has 30 heavy (non-hydrogen) atoms. The third-order valence-electron chi connectivity index (χ3n) is 6.00. The molecule has 1 aromatic rings. The van der Waals surface area contributed by atoms with E-state index in [1.54, 1.807) is 6.92 Å². The summed E-state index contributed by atoms with van der Waals surface area (Å²) in [7, 11) is 0. The largest absolute Gasteiger partial charge is 0.379 e. The summed E-state index contributed by atoms with van der Waals surface area (Å²) < 4.78 is 5.48. The van der Waals surface area contributed by atoms with Crippen molar-refractivity contribution >= 4 is 17.5 Å². The molecule has 7 heteroatoms. The molecule has 0 spiro atoms. The van der Waals surface area contributed by atoms with Gasteiger partial charge in [-0.2, -0.15) is 0 Å². The Morgan fingerprint density at radius 3 is 2.20 bits per heavy atom. The van der Waals surface area contributed by atoms with Crippen LogP contribution in [0.2, 0.25) is 0 Å². The van der Waals surface area contributed by atoms with Crippen LogP contribution >= 0.6 is 0 Å². The number of carbonyl (C=O) groups is 2. The Morgan fingerprint density at radius 2 is 1.63 bits per heavy atom. The van der Waals surface area contributed by atoms with Gasteiger partial charge in [-0.1, -0.05) is 13.8 Å². The first-order valence-corrected chi connectivity index (χ1v) is 11.1. The normalized spacial score (nSPS) is 19.1. The fourth-order valence-electron chi connectivity index (χ4n) is 4.24. The van der Waals surface area contributed by atoms with Crippen LogP contribution in [0.15, 0.2) is 24.3 Å². The number of hydrogen-bond acceptors (Lipinski definition) is 5. The summed E-state index contributed by atoms with van der Waals surface area (Å²) in [6.45, 7) is 13.2. The number of piperazine rings is 1. The van der Waals surface area contributed by atoms with E-state index < -0.39 is 0 Å². The van der Waals surface area contributed by atoms with Gasteiger partial charge in [-0.25, -0.2) is 4.79 Å². The summed E-state index contributed by atoms with van der Waals surface area (Å²) in [5.41, 5.74) is 1.83. The molecule has 0 unspecified atom stereocenters. The number of anilines is 1. The van der Waals surface area contributed by atoms with E-state index in [4.69, 9.17) is 4.74 Å². The standard InChI is InChI=1S/C23H36N4O3/c1-18(2)16-22(26-12-14-30-15-13-26)17-24-23(29)27-10-8-25(9-11-27)21-6-4-20(5-7-21)19(3)28/h4-7,18,22H,8-17H2,1-3H3,(H,24,29)/t22-/m1/s1. The number of nitrogens with zero attached hydrogens (tertiary/aromatic N) is 3. The third-order valence-corrected chi connectivity index (χ3v) is 6.00. The lowest BCUT2D eigenvalue weighted by molar-refractivity contribution is 0.0127. The van der Waals surface area contributed by atoms with Crippen molar-refractivity contribution in [3.05, 3.63) is 29.8 Å². The lowest BCUT2D eigenvalue weighted by atomic mass is 10.0. The van der Waals surface area contributed by atoms with Gasteiger partial charge in [-0.15, -0.1) is 0 Å². The van der Waals surface area contributed by atoms with Gasteiger partial charge in [-0.3, -0.25) is 9.69 Å². The SMILES string of the molecule is CC(=O)c1ccc(N2CCN(C(=O)NC[C@@H](CC(C)C)N3CCOCC3)CC2)cc1. The molecule has 2 aliphatic heterocycles. The third kappa shape index (κ3) is 6.19. The summed E-state index contributed by atoms with van der Waals surface area (Å²) in [6, 6.07) is 8.12. The molecule has 2 heterocycles. The van der Waals surface area contributed by atoms with E-state index in [9.17, 15) is 9.59 Å². The van der Waals surface area contributed by atoms with Crippen LogP contribution < -0.4 is 10.2 Å². The summed E-state index contributed by atoms with van der Waals surface area (Å²) in [5.74, 6) is 0.670. The van der Waals surface area contributed by atoms with Gasteiger partial charge in [0, 0.05) is 63.1 Å². The van der Waals surface area contributed by atoms with E-state index in [0.717, 1.165) is 57.1 Å². The maximum Gasteiger partial charge on any atom is 0.317 e. The van der Waals surface area contributed by atoms with Gasteiger partial charge in [0.2, 0.25) is 0 Å². The molecule has 1 atom stereocenters. The number of amides is 2. The lowest BCUT2D eigenvalue weighted by Gasteiger charge is -2.38. The minimum absolute atomic E-state index is 0.0311. The van der Waals surface area contributed by atoms with Crippen molar-refractivity contribution < 1.29 is 14.3 Å². The van der Waals surface area contributed by atoms with E-state index in [1.807, 2.05) is 29.2 Å². The number of morpholine rings is 1. The minimum Gasteiger partial charge on any atom is -0.379 e. The molecule has 0 bridgehead atoms. The molecule has 0 aromatic heterocycles. The Morgan fingerprint density at radius 1 is 1.00 bits per heavy atom. The summed E-state index contributed by atoms with van der Waals surface area (Å²) in [4.78, 5) is 30.8. The van der Waals surface area contributed by atoms with Crippen molar-refractivity contribution in [3.8, 4) is 0 Å². The number of Topliss-reactive ketones (excluding diaryl/α,β-unsaturated/α-hetero) is 1. The average Bonchev–Trinajstić information content (AvgIpc) is 2.77. The van der Waals surface area contributed by atoms with Crippen LogP contribution in [0.4, 0.5) is 10.5 Å². The molecule has 0 saturated carbocycles. The van der Waals surface area contributed by atoms with Crippen molar-refractivity contribution in [1.82, 2.24) is 15.1 Å². The maximum atomic E-state index is 12.7. The van der Waals surface area contributed by atoms with Gasteiger partial charge >= 0.3 is 6.03 Å². The second kappa shape index (κ2) is 10.8. The zero-order valence-corrected chi connectivity index (χ0v) is 18.6. The second-order valence-corrected chi connectivity index (χ2v) is 8.69. The molecule has 2 saturated heterocycles. The number of benzene rings is 1. The Balaban J connectivity index is 1.47. The van der Waals surface area contributed by atoms with E-state index in [1.165, 1.54) is 0 Å². The molecule has 1 aromatic carbocycles.